The Morgan fingerprint density at radius 3 is 2.26 bits per heavy atom. The fourth-order valence-corrected chi connectivity index (χ4v) is 7.34. The topological polar surface area (TPSA) is 206 Å². The number of rotatable bonds is 13. The lowest BCUT2D eigenvalue weighted by Crippen LogP contribution is -2.60. The maximum Gasteiger partial charge on any atom is 0.409 e. The minimum atomic E-state index is -1.35. The van der Waals surface area contributed by atoms with E-state index in [1.165, 1.54) is 41.7 Å². The van der Waals surface area contributed by atoms with Crippen LogP contribution in [0.25, 0.3) is 15.9 Å². The van der Waals surface area contributed by atoms with Crippen molar-refractivity contribution >= 4 is 52.8 Å². The second kappa shape index (κ2) is 20.2. The number of ether oxygens (including phenoxy) is 6. The highest BCUT2D eigenvalue weighted by Crippen LogP contribution is 2.33. The van der Waals surface area contributed by atoms with Crippen molar-refractivity contribution in [3.8, 4) is 5.75 Å². The summed E-state index contributed by atoms with van der Waals surface area (Å²) in [4.78, 5) is 94.2. The Kier molecular flexibility index (Phi) is 15.1. The van der Waals surface area contributed by atoms with Crippen molar-refractivity contribution in [1.29, 1.82) is 0 Å². The fourth-order valence-electron chi connectivity index (χ4n) is 7.34. The van der Waals surface area contributed by atoms with Crippen molar-refractivity contribution < 1.29 is 57.2 Å². The number of amides is 3. The molecule has 2 fully saturated rings. The van der Waals surface area contributed by atoms with Crippen molar-refractivity contribution in [2.45, 2.75) is 71.4 Å². The van der Waals surface area contributed by atoms with E-state index in [4.69, 9.17) is 35.0 Å². The van der Waals surface area contributed by atoms with Crippen LogP contribution in [0.1, 0.15) is 39.7 Å². The van der Waals surface area contributed by atoms with E-state index in [-0.39, 0.29) is 55.9 Å². The van der Waals surface area contributed by atoms with Gasteiger partial charge in [0.25, 0.3) is 6.54 Å². The molecule has 20 nitrogen and oxygen atoms in total. The molecule has 2 aromatic heterocycles. The Labute approximate surface area is 353 Å². The van der Waals surface area contributed by atoms with Crippen molar-refractivity contribution in [3.05, 3.63) is 59.8 Å². The quantitative estimate of drug-likeness (QED) is 0.138. The summed E-state index contributed by atoms with van der Waals surface area (Å²) in [6.07, 6.45) is -1.65. The summed E-state index contributed by atoms with van der Waals surface area (Å²) in [6, 6.07) is 7.75. The van der Waals surface area contributed by atoms with Crippen molar-refractivity contribution in [1.82, 2.24) is 29.2 Å². The molecule has 0 aliphatic carbocycles. The molecule has 0 saturated carbocycles. The first-order valence-electron chi connectivity index (χ1n) is 19.7. The summed E-state index contributed by atoms with van der Waals surface area (Å²) in [7, 11) is 6.26. The van der Waals surface area contributed by atoms with Crippen molar-refractivity contribution in [2.75, 3.05) is 65.9 Å². The maximum atomic E-state index is 13.6. The lowest BCUT2D eigenvalue weighted by atomic mass is 9.90. The number of benzene rings is 1. The van der Waals surface area contributed by atoms with Crippen LogP contribution in [-0.2, 0) is 49.5 Å². The van der Waals surface area contributed by atoms with Crippen LogP contribution in [0.3, 0.4) is 0 Å². The highest BCUT2D eigenvalue weighted by atomic mass is 16.7. The number of likely N-dealkylation sites (tertiary alicyclic amines) is 1. The zero-order valence-electron chi connectivity index (χ0n) is 35.5. The Balaban J connectivity index is 1.15. The van der Waals surface area contributed by atoms with Gasteiger partial charge in [-0.1, -0.05) is 26.0 Å². The molecule has 7 atom stereocenters. The number of aromatic nitrogens is 3. The lowest BCUT2D eigenvalue weighted by Gasteiger charge is -2.42. The molecule has 0 bridgehead atoms. The Bertz CT molecular complexity index is 2120. The Morgan fingerprint density at radius 2 is 1.61 bits per heavy atom. The van der Waals surface area contributed by atoms with E-state index in [1.807, 2.05) is 11.9 Å². The van der Waals surface area contributed by atoms with Gasteiger partial charge in [0.15, 0.2) is 17.9 Å². The first kappa shape index (κ1) is 45.6. The number of carbonyl (C=O) groups excluding carboxylic acids is 6. The second-order valence-electron chi connectivity index (χ2n) is 15.1. The Morgan fingerprint density at radius 1 is 0.934 bits per heavy atom. The third-order valence-electron chi connectivity index (χ3n) is 10.8. The first-order valence-corrected chi connectivity index (χ1v) is 19.7. The average Bonchev–Trinajstić information content (AvgIpc) is 3.68. The lowest BCUT2D eigenvalue weighted by molar-refractivity contribution is -0.266. The molecule has 2 aliphatic rings. The van der Waals surface area contributed by atoms with Crippen LogP contribution in [-0.4, -0.2) is 157 Å². The average molecular weight is 849 g/mol. The molecule has 2 saturated heterocycles. The number of carbonyl (C=O) groups is 6. The normalized spacial score (nSPS) is 22.3. The van der Waals surface area contributed by atoms with Gasteiger partial charge in [0, 0.05) is 73.3 Å². The van der Waals surface area contributed by atoms with Crippen LogP contribution < -0.4 is 9.64 Å². The summed E-state index contributed by atoms with van der Waals surface area (Å²) in [5.74, 6) is -1.88. The second-order valence-corrected chi connectivity index (χ2v) is 15.1. The summed E-state index contributed by atoms with van der Waals surface area (Å²) in [5, 5.41) is 0.659. The number of nitrogens with zero attached hydrogens (tertiary/aromatic N) is 8. The van der Waals surface area contributed by atoms with Crippen LogP contribution >= 0.6 is 0 Å². The number of hydrogen-bond acceptors (Lipinski definition) is 15. The molecule has 3 amide bonds. The maximum absolute atomic E-state index is 13.6. The van der Waals surface area contributed by atoms with Gasteiger partial charge in [-0.3, -0.25) is 19.0 Å². The summed E-state index contributed by atoms with van der Waals surface area (Å²) in [6.45, 7) is 14.3. The molecule has 2 aliphatic heterocycles. The van der Waals surface area contributed by atoms with Crippen LogP contribution in [0, 0.1) is 18.4 Å². The molecule has 5 rings (SSSR count). The third-order valence-corrected chi connectivity index (χ3v) is 10.8. The van der Waals surface area contributed by atoms with Gasteiger partial charge in [-0.05, 0) is 36.1 Å². The molecule has 0 spiro atoms. The monoisotopic (exact) mass is 848 g/mol. The number of fused-ring (bicyclic) bond motifs is 1. The minimum absolute atomic E-state index is 0.0615. The van der Waals surface area contributed by atoms with Crippen LogP contribution in [0.5, 0.6) is 5.75 Å². The number of hydrogen-bond donors (Lipinski definition) is 0. The molecule has 0 radical (unpaired) electrons. The van der Waals surface area contributed by atoms with Gasteiger partial charge in [0.1, 0.15) is 24.5 Å². The van der Waals surface area contributed by atoms with Gasteiger partial charge in [0.2, 0.25) is 12.4 Å². The van der Waals surface area contributed by atoms with E-state index in [0.29, 0.717) is 35.5 Å². The predicted octanol–water partition coefficient (Wildman–Crippen LogP) is 2.97. The third kappa shape index (κ3) is 10.8. The molecule has 0 N–H and O–H groups in total. The largest absolute Gasteiger partial charge is 0.467 e. The smallest absolute Gasteiger partial charge is 0.409 e. The summed E-state index contributed by atoms with van der Waals surface area (Å²) < 4.78 is 34.5. The molecule has 4 heterocycles. The molecule has 0 unspecified atom stereocenters. The van der Waals surface area contributed by atoms with Gasteiger partial charge < -0.3 is 52.9 Å². The van der Waals surface area contributed by atoms with Crippen LogP contribution in [0.2, 0.25) is 0 Å². The van der Waals surface area contributed by atoms with Gasteiger partial charge in [-0.25, -0.2) is 30.9 Å². The van der Waals surface area contributed by atoms with Crippen LogP contribution in [0.15, 0.2) is 42.9 Å². The van der Waals surface area contributed by atoms with E-state index in [1.54, 1.807) is 62.4 Å². The molecule has 1 aromatic carbocycles. The summed E-state index contributed by atoms with van der Waals surface area (Å²) in [5.41, 5.74) is 1.01. The highest BCUT2D eigenvalue weighted by molar-refractivity contribution is 5.95. The molecule has 3 aromatic rings. The number of piperidine rings is 1. The van der Waals surface area contributed by atoms with Crippen molar-refractivity contribution in [2.24, 2.45) is 11.8 Å². The number of likely N-dealkylation sites (N-methyl/N-ethyl adjacent to an activating group) is 3. The highest BCUT2D eigenvalue weighted by Gasteiger charge is 2.52. The number of methoxy groups -OCH3 is 1. The zero-order chi connectivity index (χ0) is 44.5. The van der Waals surface area contributed by atoms with E-state index in [2.05, 4.69) is 21.7 Å². The standard InChI is InChI=1S/C41H52N8O12/c1-24-14-16-48(32(52)20-42-5)21-31(24)47(8)36-30-15-17-49(37(30)44-23-43-36)40(54)45(6)18-19-46(7)41(55)57-22-28-10-12-29(13-11-28)60-39-35(59-27(4)51)33(58-26(3)50)25(2)34(61-39)38(53)56-9/h10-13,15,17,23-25,31,33-35,39H,14,16,18-22H2,1-4,6-9H3/t24-,25+,31+,33+,34+,35-,39-/m1/s1. The fraction of sp³-hybridized carbons (Fsp3) is 0.537. The number of esters is 3. The van der Waals surface area contributed by atoms with Gasteiger partial charge >= 0.3 is 35.9 Å². The molecule has 61 heavy (non-hydrogen) atoms. The Hall–Kier alpha value is -6.49. The van der Waals surface area contributed by atoms with E-state index in [9.17, 15) is 28.8 Å². The van der Waals surface area contributed by atoms with Gasteiger partial charge in [-0.15, -0.1) is 0 Å². The SMILES string of the molecule is [C-]#[N+]CC(=O)N1CC[C@@H](C)[C@@H](N(C)c2ncnc3c2ccn3C(=O)N(C)CCN(C)C(=O)OCc2ccc(O[C@@H]3O[C@H](C(=O)OC)[C@@H](C)[C@H](OC(C)=O)[C@H]3OC(C)=O)cc2)C1. The minimum Gasteiger partial charge on any atom is -0.467 e. The molecule has 20 heteroatoms. The van der Waals surface area contributed by atoms with Gasteiger partial charge in [-0.2, -0.15) is 0 Å². The van der Waals surface area contributed by atoms with E-state index >= 15 is 0 Å². The first-order chi connectivity index (χ1) is 29.0. The molecule has 328 valence electrons. The van der Waals surface area contributed by atoms with Gasteiger partial charge in [0.05, 0.1) is 18.5 Å². The van der Waals surface area contributed by atoms with Crippen molar-refractivity contribution in [3.63, 3.8) is 0 Å². The van der Waals surface area contributed by atoms with E-state index < -0.39 is 54.5 Å². The predicted molar refractivity (Wildman–Crippen MR) is 216 cm³/mol. The number of anilines is 1. The molecular weight excluding hydrogens is 796 g/mol. The zero-order valence-corrected chi connectivity index (χ0v) is 35.5. The molecular formula is C41H52N8O12. The van der Waals surface area contributed by atoms with Crippen LogP contribution in [0.4, 0.5) is 15.4 Å². The summed E-state index contributed by atoms with van der Waals surface area (Å²) >= 11 is 0. The van der Waals surface area contributed by atoms with E-state index in [0.717, 1.165) is 6.42 Å².